The van der Waals surface area contributed by atoms with E-state index in [2.05, 4.69) is 25.3 Å². The second-order valence-corrected chi connectivity index (χ2v) is 2.05. The summed E-state index contributed by atoms with van der Waals surface area (Å²) in [5.41, 5.74) is 10.8. The molecule has 8 nitrogen and oxygen atoms in total. The predicted molar refractivity (Wildman–Crippen MR) is 40.1 cm³/mol. The Labute approximate surface area is 66.6 Å². The quantitative estimate of drug-likeness (QED) is 0.476. The molecule has 2 aromatic rings. The lowest BCUT2D eigenvalue weighted by molar-refractivity contribution is 0.826. The Hall–Kier alpha value is -2.12. The van der Waals surface area contributed by atoms with Crippen molar-refractivity contribution in [2.75, 3.05) is 11.5 Å². The largest absolute Gasteiger partial charge is 0.368 e. The Morgan fingerprint density at radius 2 is 2.25 bits per heavy atom. The van der Waals surface area contributed by atoms with Gasteiger partial charge in [0.1, 0.15) is 6.33 Å². The number of nitrogens with one attached hydrogen (secondary N) is 1. The van der Waals surface area contributed by atoms with E-state index in [0.29, 0.717) is 5.95 Å². The van der Waals surface area contributed by atoms with Crippen LogP contribution in [-0.2, 0) is 0 Å². The molecule has 2 rings (SSSR count). The van der Waals surface area contributed by atoms with Crippen LogP contribution in [0.4, 0.5) is 11.9 Å². The van der Waals surface area contributed by atoms with Gasteiger partial charge >= 0.3 is 0 Å². The van der Waals surface area contributed by atoms with Gasteiger partial charge in [-0.05, 0) is 0 Å². The van der Waals surface area contributed by atoms with Crippen LogP contribution in [0.2, 0.25) is 0 Å². The van der Waals surface area contributed by atoms with Gasteiger partial charge in [0.25, 0.3) is 0 Å². The van der Waals surface area contributed by atoms with E-state index >= 15 is 0 Å². The SMILES string of the molecule is Nc1nc(N)n(-c2ncn[nH]2)n1. The molecule has 12 heavy (non-hydrogen) atoms. The number of hydrogen-bond donors (Lipinski definition) is 3. The fourth-order valence-electron chi connectivity index (χ4n) is 0.798. The summed E-state index contributed by atoms with van der Waals surface area (Å²) in [6.07, 6.45) is 1.34. The topological polar surface area (TPSA) is 124 Å². The Bertz CT molecular complexity index is 372. The van der Waals surface area contributed by atoms with Crippen LogP contribution in [-0.4, -0.2) is 29.9 Å². The fraction of sp³-hybridized carbons (Fsp3) is 0. The molecule has 62 valence electrons. The van der Waals surface area contributed by atoms with Crippen molar-refractivity contribution in [3.8, 4) is 5.95 Å². The molecule has 0 spiro atoms. The highest BCUT2D eigenvalue weighted by atomic mass is 15.5. The summed E-state index contributed by atoms with van der Waals surface area (Å²) in [7, 11) is 0. The second kappa shape index (κ2) is 2.19. The zero-order chi connectivity index (χ0) is 8.55. The van der Waals surface area contributed by atoms with Crippen molar-refractivity contribution < 1.29 is 0 Å². The monoisotopic (exact) mass is 166 g/mol. The molecule has 5 N–H and O–H groups in total. The molecule has 0 fully saturated rings. The van der Waals surface area contributed by atoms with Gasteiger partial charge in [-0.1, -0.05) is 0 Å². The van der Waals surface area contributed by atoms with E-state index < -0.39 is 0 Å². The number of aromatic nitrogens is 6. The number of hydrogen-bond acceptors (Lipinski definition) is 6. The molecule has 0 atom stereocenters. The molecule has 0 aliphatic rings. The average molecular weight is 166 g/mol. The lowest BCUT2D eigenvalue weighted by Gasteiger charge is -1.93. The standard InChI is InChI=1S/C4H6N8/c5-2-9-3(6)12(11-2)4-7-1-8-10-4/h1H,(H,7,8,10)(H4,5,6,9,11). The lowest BCUT2D eigenvalue weighted by Crippen LogP contribution is -2.04. The number of H-pyrrole nitrogens is 1. The molecule has 0 saturated carbocycles. The smallest absolute Gasteiger partial charge is 0.249 e. The third kappa shape index (κ3) is 0.856. The first kappa shape index (κ1) is 6.58. The molecule has 0 aliphatic heterocycles. The number of nitrogens with zero attached hydrogens (tertiary/aromatic N) is 5. The van der Waals surface area contributed by atoms with Gasteiger partial charge in [-0.25, -0.2) is 5.10 Å². The average Bonchev–Trinajstić information content (AvgIpc) is 2.58. The van der Waals surface area contributed by atoms with Gasteiger partial charge in [-0.15, -0.1) is 5.10 Å². The summed E-state index contributed by atoms with van der Waals surface area (Å²) < 4.78 is 1.27. The zero-order valence-corrected chi connectivity index (χ0v) is 5.97. The van der Waals surface area contributed by atoms with E-state index in [0.717, 1.165) is 0 Å². The molecule has 8 heteroatoms. The van der Waals surface area contributed by atoms with Gasteiger partial charge in [0.2, 0.25) is 17.8 Å². The molecule has 0 amide bonds. The molecule has 0 radical (unpaired) electrons. The molecule has 2 aromatic heterocycles. The maximum atomic E-state index is 5.45. The third-order valence-corrected chi connectivity index (χ3v) is 1.25. The lowest BCUT2D eigenvalue weighted by atomic mass is 10.9. The number of nitrogen functional groups attached to an aromatic ring is 2. The van der Waals surface area contributed by atoms with E-state index in [9.17, 15) is 0 Å². The van der Waals surface area contributed by atoms with Crippen LogP contribution in [0.5, 0.6) is 0 Å². The Kier molecular flexibility index (Phi) is 1.20. The number of nitrogens with two attached hydrogens (primary N) is 2. The molecule has 0 unspecified atom stereocenters. The summed E-state index contributed by atoms with van der Waals surface area (Å²) in [6.45, 7) is 0. The van der Waals surface area contributed by atoms with Crippen LogP contribution in [0.25, 0.3) is 5.95 Å². The van der Waals surface area contributed by atoms with Crippen molar-refractivity contribution in [1.29, 1.82) is 0 Å². The summed E-state index contributed by atoms with van der Waals surface area (Å²) >= 11 is 0. The van der Waals surface area contributed by atoms with Gasteiger partial charge in [0, 0.05) is 0 Å². The second-order valence-electron chi connectivity index (χ2n) is 2.05. The summed E-state index contributed by atoms with van der Waals surface area (Å²) in [4.78, 5) is 7.51. The maximum absolute atomic E-state index is 5.45. The molecule has 0 aromatic carbocycles. The first-order chi connectivity index (χ1) is 5.77. The van der Waals surface area contributed by atoms with E-state index in [1.165, 1.54) is 11.0 Å². The van der Waals surface area contributed by atoms with E-state index in [4.69, 9.17) is 11.5 Å². The number of rotatable bonds is 1. The van der Waals surface area contributed by atoms with Crippen molar-refractivity contribution in [2.24, 2.45) is 0 Å². The van der Waals surface area contributed by atoms with Crippen molar-refractivity contribution >= 4 is 11.9 Å². The van der Waals surface area contributed by atoms with Crippen LogP contribution in [0, 0.1) is 0 Å². The number of aromatic amines is 1. The fourth-order valence-corrected chi connectivity index (χ4v) is 0.798. The van der Waals surface area contributed by atoms with Crippen LogP contribution in [0.3, 0.4) is 0 Å². The van der Waals surface area contributed by atoms with Gasteiger partial charge in [0.05, 0.1) is 0 Å². The normalized spacial score (nSPS) is 10.3. The first-order valence-corrected chi connectivity index (χ1v) is 3.11. The van der Waals surface area contributed by atoms with Crippen LogP contribution < -0.4 is 11.5 Å². The molecule has 0 bridgehead atoms. The van der Waals surface area contributed by atoms with Gasteiger partial charge in [0.15, 0.2) is 0 Å². The Balaban J connectivity index is 2.54. The minimum atomic E-state index is 0.101. The van der Waals surface area contributed by atoms with Crippen molar-refractivity contribution in [1.82, 2.24) is 29.9 Å². The van der Waals surface area contributed by atoms with Gasteiger partial charge in [-0.2, -0.15) is 19.7 Å². The molecule has 2 heterocycles. The van der Waals surface area contributed by atoms with E-state index in [-0.39, 0.29) is 11.9 Å². The maximum Gasteiger partial charge on any atom is 0.249 e. The third-order valence-electron chi connectivity index (χ3n) is 1.25. The Morgan fingerprint density at radius 3 is 2.75 bits per heavy atom. The van der Waals surface area contributed by atoms with Gasteiger partial charge in [-0.3, -0.25) is 0 Å². The first-order valence-electron chi connectivity index (χ1n) is 3.11. The van der Waals surface area contributed by atoms with Crippen LogP contribution >= 0.6 is 0 Å². The zero-order valence-electron chi connectivity index (χ0n) is 5.97. The summed E-state index contributed by atoms with van der Waals surface area (Å²) in [5.74, 6) is 0.657. The van der Waals surface area contributed by atoms with E-state index in [1.54, 1.807) is 0 Å². The van der Waals surface area contributed by atoms with Gasteiger partial charge < -0.3 is 11.5 Å². The minimum absolute atomic E-state index is 0.101. The highest BCUT2D eigenvalue weighted by Crippen LogP contribution is 2.05. The van der Waals surface area contributed by atoms with E-state index in [1.807, 2.05) is 0 Å². The minimum Gasteiger partial charge on any atom is -0.368 e. The molecular formula is C4H6N8. The van der Waals surface area contributed by atoms with Crippen molar-refractivity contribution in [2.45, 2.75) is 0 Å². The highest BCUT2D eigenvalue weighted by molar-refractivity contribution is 5.31. The molecule has 0 saturated heterocycles. The Morgan fingerprint density at radius 1 is 1.42 bits per heavy atom. The summed E-state index contributed by atoms with van der Waals surface area (Å²) in [6, 6.07) is 0. The number of anilines is 2. The van der Waals surface area contributed by atoms with Crippen molar-refractivity contribution in [3.05, 3.63) is 6.33 Å². The predicted octanol–water partition coefficient (Wildman–Crippen LogP) is -1.45. The van der Waals surface area contributed by atoms with Crippen molar-refractivity contribution in [3.63, 3.8) is 0 Å². The summed E-state index contributed by atoms with van der Waals surface area (Å²) in [5, 5.41) is 9.98. The molecular weight excluding hydrogens is 160 g/mol. The highest BCUT2D eigenvalue weighted by Gasteiger charge is 2.07. The molecule has 0 aliphatic carbocycles. The van der Waals surface area contributed by atoms with Crippen LogP contribution in [0.15, 0.2) is 6.33 Å². The van der Waals surface area contributed by atoms with Crippen LogP contribution in [0.1, 0.15) is 0 Å².